The van der Waals surface area contributed by atoms with Crippen LogP contribution >= 0.6 is 0 Å². The zero-order valence-corrected chi connectivity index (χ0v) is 20.8. The van der Waals surface area contributed by atoms with Crippen LogP contribution < -0.4 is 9.47 Å². The zero-order chi connectivity index (χ0) is 23.7. The largest absolute Gasteiger partial charge is 0.493 e. The highest BCUT2D eigenvalue weighted by Crippen LogP contribution is 2.29. The Hall–Kier alpha value is -2.23. The van der Waals surface area contributed by atoms with Crippen LogP contribution in [0.2, 0.25) is 0 Å². The molecule has 0 amide bonds. The van der Waals surface area contributed by atoms with Crippen molar-refractivity contribution in [2.24, 2.45) is 0 Å². The molecule has 3 rings (SSSR count). The van der Waals surface area contributed by atoms with Gasteiger partial charge in [-0.1, -0.05) is 6.07 Å². The van der Waals surface area contributed by atoms with Gasteiger partial charge in [-0.15, -0.1) is 0 Å². The lowest BCUT2D eigenvalue weighted by Gasteiger charge is -2.16. The molecular formula is C24H36N4O4S. The van der Waals surface area contributed by atoms with Crippen LogP contribution in [0, 0.1) is 0 Å². The summed E-state index contributed by atoms with van der Waals surface area (Å²) in [6.07, 6.45) is 7.01. The molecule has 9 heteroatoms. The summed E-state index contributed by atoms with van der Waals surface area (Å²) in [7, 11) is 1.56. The summed E-state index contributed by atoms with van der Waals surface area (Å²) in [5, 5.41) is 0. The van der Waals surface area contributed by atoms with Crippen molar-refractivity contribution >= 4 is 10.0 Å². The van der Waals surface area contributed by atoms with Crippen molar-refractivity contribution < 1.29 is 17.9 Å². The van der Waals surface area contributed by atoms with Crippen LogP contribution in [-0.2, 0) is 22.9 Å². The maximum absolute atomic E-state index is 11.9. The molecule has 0 N–H and O–H groups in total. The summed E-state index contributed by atoms with van der Waals surface area (Å²) >= 11 is 0. The first-order valence-corrected chi connectivity index (χ1v) is 13.2. The van der Waals surface area contributed by atoms with Crippen LogP contribution in [-0.4, -0.2) is 80.8 Å². The summed E-state index contributed by atoms with van der Waals surface area (Å²) in [6, 6.07) is 7.75. The van der Waals surface area contributed by atoms with Gasteiger partial charge >= 0.3 is 0 Å². The summed E-state index contributed by atoms with van der Waals surface area (Å²) in [5.74, 6) is 2.27. The highest BCUT2D eigenvalue weighted by molar-refractivity contribution is 7.89. The second-order valence-electron chi connectivity index (χ2n) is 8.58. The topological polar surface area (TPSA) is 84.9 Å². The molecule has 1 aromatic carbocycles. The monoisotopic (exact) mass is 476 g/mol. The normalized spacial score (nSPS) is 14.7. The van der Waals surface area contributed by atoms with E-state index < -0.39 is 10.0 Å². The van der Waals surface area contributed by atoms with Gasteiger partial charge in [-0.2, -0.15) is 0 Å². The van der Waals surface area contributed by atoms with E-state index in [0.29, 0.717) is 31.7 Å². The minimum atomic E-state index is -3.19. The average Bonchev–Trinajstić information content (AvgIpc) is 3.30. The fourth-order valence-corrected chi connectivity index (χ4v) is 4.76. The smallest absolute Gasteiger partial charge is 0.213 e. The van der Waals surface area contributed by atoms with Gasteiger partial charge in [0.2, 0.25) is 10.0 Å². The molecule has 0 saturated carbocycles. The number of hydrogen-bond donors (Lipinski definition) is 0. The van der Waals surface area contributed by atoms with Crippen LogP contribution in [0.25, 0.3) is 0 Å². The Morgan fingerprint density at radius 1 is 1.09 bits per heavy atom. The fraction of sp³-hybridized carbons (Fsp3) is 0.583. The van der Waals surface area contributed by atoms with Crippen molar-refractivity contribution in [1.29, 1.82) is 0 Å². The minimum Gasteiger partial charge on any atom is -0.493 e. The highest BCUT2D eigenvalue weighted by atomic mass is 32.2. The van der Waals surface area contributed by atoms with Gasteiger partial charge in [0.25, 0.3) is 0 Å². The van der Waals surface area contributed by atoms with Gasteiger partial charge in [-0.3, -0.25) is 0 Å². The minimum absolute atomic E-state index is 0.107. The number of rotatable bonds is 13. The third-order valence-electron chi connectivity index (χ3n) is 5.82. The Balaban J connectivity index is 1.56. The lowest BCUT2D eigenvalue weighted by molar-refractivity contribution is 0.254. The average molecular weight is 477 g/mol. The standard InChI is InChI=1S/C24H36N4O4S/c1-27(2)33(29,30)17-6-8-21-11-12-25-24(26-21)19-20-9-10-22(31-3)23(18-20)32-16-7-15-28-13-4-5-14-28/h9-12,18H,4-8,13-17,19H2,1-3H3. The van der Waals surface area contributed by atoms with Gasteiger partial charge in [0, 0.05) is 39.0 Å². The lowest BCUT2D eigenvalue weighted by Crippen LogP contribution is -2.25. The van der Waals surface area contributed by atoms with Gasteiger partial charge in [0.15, 0.2) is 11.5 Å². The van der Waals surface area contributed by atoms with Gasteiger partial charge in [-0.25, -0.2) is 22.7 Å². The molecule has 1 aliphatic rings. The number of benzene rings is 1. The molecule has 2 heterocycles. The number of ether oxygens (including phenoxy) is 2. The van der Waals surface area contributed by atoms with Gasteiger partial charge in [0.1, 0.15) is 5.82 Å². The second kappa shape index (κ2) is 12.3. The molecule has 8 nitrogen and oxygen atoms in total. The SMILES string of the molecule is COc1ccc(Cc2nccc(CCCS(=O)(=O)N(C)C)n2)cc1OCCCN1CCCC1. The highest BCUT2D eigenvalue weighted by Gasteiger charge is 2.14. The first-order chi connectivity index (χ1) is 15.9. The Morgan fingerprint density at radius 2 is 1.88 bits per heavy atom. The molecule has 0 spiro atoms. The van der Waals surface area contributed by atoms with E-state index in [0.717, 1.165) is 35.7 Å². The Bertz CT molecular complexity index is 992. The van der Waals surface area contributed by atoms with E-state index in [4.69, 9.17) is 9.47 Å². The maximum Gasteiger partial charge on any atom is 0.213 e. The predicted molar refractivity (Wildman–Crippen MR) is 129 cm³/mol. The van der Waals surface area contributed by atoms with Crippen molar-refractivity contribution in [3.63, 3.8) is 0 Å². The molecule has 182 valence electrons. The first-order valence-electron chi connectivity index (χ1n) is 11.6. The molecule has 2 aromatic rings. The van der Waals surface area contributed by atoms with Crippen LogP contribution in [0.1, 0.15) is 42.8 Å². The number of aromatic nitrogens is 2. The zero-order valence-electron chi connectivity index (χ0n) is 20.0. The van der Waals surface area contributed by atoms with Gasteiger partial charge in [-0.05, 0) is 69.0 Å². The number of likely N-dealkylation sites (tertiary alicyclic amines) is 1. The molecule has 0 radical (unpaired) electrons. The van der Waals surface area contributed by atoms with Crippen molar-refractivity contribution in [1.82, 2.24) is 19.2 Å². The van der Waals surface area contributed by atoms with Crippen LogP contribution in [0.4, 0.5) is 0 Å². The van der Waals surface area contributed by atoms with E-state index in [1.807, 2.05) is 24.3 Å². The Labute approximate surface area is 198 Å². The summed E-state index contributed by atoms with van der Waals surface area (Å²) in [5.41, 5.74) is 1.89. The summed E-state index contributed by atoms with van der Waals surface area (Å²) in [6.45, 7) is 4.11. The predicted octanol–water partition coefficient (Wildman–Crippen LogP) is 2.76. The summed E-state index contributed by atoms with van der Waals surface area (Å²) in [4.78, 5) is 11.5. The van der Waals surface area contributed by atoms with E-state index in [-0.39, 0.29) is 5.75 Å². The summed E-state index contributed by atoms with van der Waals surface area (Å²) < 4.78 is 36.7. The molecule has 1 fully saturated rings. The first kappa shape index (κ1) is 25.4. The number of nitrogens with zero attached hydrogens (tertiary/aromatic N) is 4. The number of methoxy groups -OCH3 is 1. The van der Waals surface area contributed by atoms with Crippen LogP contribution in [0.15, 0.2) is 30.5 Å². The Morgan fingerprint density at radius 3 is 2.61 bits per heavy atom. The molecule has 1 saturated heterocycles. The molecule has 0 unspecified atom stereocenters. The molecule has 1 aromatic heterocycles. The molecule has 33 heavy (non-hydrogen) atoms. The van der Waals surface area contributed by atoms with Gasteiger partial charge in [0.05, 0.1) is 19.5 Å². The van der Waals surface area contributed by atoms with Crippen LogP contribution in [0.3, 0.4) is 0 Å². The van der Waals surface area contributed by atoms with Gasteiger partial charge < -0.3 is 14.4 Å². The fourth-order valence-electron chi connectivity index (χ4n) is 3.89. The second-order valence-corrected chi connectivity index (χ2v) is 10.9. The number of hydrogen-bond acceptors (Lipinski definition) is 7. The third kappa shape index (κ3) is 7.94. The molecule has 0 atom stereocenters. The van der Waals surface area contributed by atoms with Crippen molar-refractivity contribution in [2.45, 2.75) is 38.5 Å². The number of sulfonamides is 1. The van der Waals surface area contributed by atoms with E-state index in [2.05, 4.69) is 14.9 Å². The van der Waals surface area contributed by atoms with E-state index >= 15 is 0 Å². The lowest BCUT2D eigenvalue weighted by atomic mass is 10.1. The van der Waals surface area contributed by atoms with Crippen molar-refractivity contribution in [3.05, 3.63) is 47.5 Å². The third-order valence-corrected chi connectivity index (χ3v) is 7.74. The molecule has 0 bridgehead atoms. The van der Waals surface area contributed by atoms with Crippen molar-refractivity contribution in [2.75, 3.05) is 53.2 Å². The maximum atomic E-state index is 11.9. The van der Waals surface area contributed by atoms with E-state index in [1.54, 1.807) is 27.4 Å². The van der Waals surface area contributed by atoms with E-state index in [1.165, 1.54) is 30.2 Å². The quantitative estimate of drug-likeness (QED) is 0.411. The molecular weight excluding hydrogens is 440 g/mol. The number of aryl methyl sites for hydroxylation is 1. The van der Waals surface area contributed by atoms with Crippen molar-refractivity contribution in [3.8, 4) is 11.5 Å². The van der Waals surface area contributed by atoms with E-state index in [9.17, 15) is 8.42 Å². The molecule has 1 aliphatic heterocycles. The molecule has 0 aliphatic carbocycles. The Kier molecular flexibility index (Phi) is 9.46. The van der Waals surface area contributed by atoms with Crippen LogP contribution in [0.5, 0.6) is 11.5 Å².